The Morgan fingerprint density at radius 2 is 2.30 bits per heavy atom. The molecule has 2 atom stereocenters. The van der Waals surface area contributed by atoms with Gasteiger partial charge in [-0.3, -0.25) is 0 Å². The van der Waals surface area contributed by atoms with E-state index in [-0.39, 0.29) is 0 Å². The minimum atomic E-state index is -0.959. The Bertz CT molecular complexity index is 648. The zero-order valence-electron chi connectivity index (χ0n) is 10.9. The topological polar surface area (TPSA) is 66.8 Å². The molecule has 1 aliphatic heterocycles. The fourth-order valence-electron chi connectivity index (χ4n) is 2.44. The molecule has 4 nitrogen and oxygen atoms in total. The number of carboxylic acids is 1. The number of carboxylic acid groups (broad SMARTS) is 1. The second kappa shape index (κ2) is 4.92. The van der Waals surface area contributed by atoms with E-state index in [1.165, 1.54) is 11.3 Å². The fourth-order valence-corrected chi connectivity index (χ4v) is 3.17. The number of hydrogen-bond donors (Lipinski definition) is 2. The van der Waals surface area contributed by atoms with Crippen molar-refractivity contribution in [2.45, 2.75) is 25.6 Å². The highest BCUT2D eigenvalue weighted by molar-refractivity contribution is 7.10. The molecule has 2 aromatic rings. The standard InChI is InChI=1S/C15H14O4S/c1-8-5-11-9(7-12(19-11)15(17)18)6-10(8)14(16)13-3-2-4-20-13/h2-6,12,14,16H,7H2,1H3,(H,17,18). The van der Waals surface area contributed by atoms with Crippen LogP contribution in [-0.2, 0) is 11.2 Å². The monoisotopic (exact) mass is 290 g/mol. The normalized spacial score (nSPS) is 18.4. The van der Waals surface area contributed by atoms with Crippen LogP contribution in [-0.4, -0.2) is 22.3 Å². The van der Waals surface area contributed by atoms with Gasteiger partial charge in [0.05, 0.1) is 0 Å². The van der Waals surface area contributed by atoms with E-state index >= 15 is 0 Å². The maximum Gasteiger partial charge on any atom is 0.345 e. The van der Waals surface area contributed by atoms with Gasteiger partial charge in [0.2, 0.25) is 0 Å². The molecule has 0 saturated heterocycles. The third-order valence-corrected chi connectivity index (χ3v) is 4.43. The van der Waals surface area contributed by atoms with Crippen molar-refractivity contribution in [2.75, 3.05) is 0 Å². The summed E-state index contributed by atoms with van der Waals surface area (Å²) in [6.45, 7) is 1.89. The summed E-state index contributed by atoms with van der Waals surface area (Å²) in [7, 11) is 0. The smallest absolute Gasteiger partial charge is 0.345 e. The third kappa shape index (κ3) is 2.19. The lowest BCUT2D eigenvalue weighted by atomic mass is 9.97. The lowest BCUT2D eigenvalue weighted by Gasteiger charge is -2.14. The SMILES string of the molecule is Cc1cc2c(cc1C(O)c1cccs1)CC(C(=O)O)O2. The van der Waals surface area contributed by atoms with Crippen LogP contribution in [0.1, 0.15) is 27.7 Å². The minimum Gasteiger partial charge on any atom is -0.478 e. The number of rotatable bonds is 3. The number of aliphatic carboxylic acids is 1. The maximum atomic E-state index is 11.0. The Morgan fingerprint density at radius 3 is 2.95 bits per heavy atom. The molecule has 0 fully saturated rings. The number of ether oxygens (including phenoxy) is 1. The average Bonchev–Trinajstić information content (AvgIpc) is 3.05. The van der Waals surface area contributed by atoms with Crippen LogP contribution >= 0.6 is 11.3 Å². The van der Waals surface area contributed by atoms with Crippen molar-refractivity contribution in [1.82, 2.24) is 0 Å². The largest absolute Gasteiger partial charge is 0.478 e. The van der Waals surface area contributed by atoms with E-state index in [0.717, 1.165) is 21.6 Å². The maximum absolute atomic E-state index is 11.0. The first-order valence-electron chi connectivity index (χ1n) is 6.30. The number of thiophene rings is 1. The molecule has 2 N–H and O–H groups in total. The van der Waals surface area contributed by atoms with Gasteiger partial charge in [0.1, 0.15) is 11.9 Å². The molecule has 1 aliphatic rings. The lowest BCUT2D eigenvalue weighted by Crippen LogP contribution is -2.24. The van der Waals surface area contributed by atoms with E-state index in [1.54, 1.807) is 0 Å². The fraction of sp³-hybridized carbons (Fsp3) is 0.267. The van der Waals surface area contributed by atoms with Gasteiger partial charge in [-0.15, -0.1) is 11.3 Å². The average molecular weight is 290 g/mol. The van der Waals surface area contributed by atoms with E-state index in [0.29, 0.717) is 12.2 Å². The molecule has 1 aromatic heterocycles. The molecular formula is C15H14O4S. The summed E-state index contributed by atoms with van der Waals surface area (Å²) in [6, 6.07) is 7.45. The molecule has 3 rings (SSSR count). The van der Waals surface area contributed by atoms with Crippen molar-refractivity contribution in [2.24, 2.45) is 0 Å². The summed E-state index contributed by atoms with van der Waals surface area (Å²) >= 11 is 1.50. The summed E-state index contributed by atoms with van der Waals surface area (Å²) in [5.41, 5.74) is 2.55. The van der Waals surface area contributed by atoms with Crippen LogP contribution in [0.2, 0.25) is 0 Å². The van der Waals surface area contributed by atoms with E-state index in [2.05, 4.69) is 0 Å². The van der Waals surface area contributed by atoms with Crippen molar-refractivity contribution in [3.8, 4) is 5.75 Å². The van der Waals surface area contributed by atoms with Gasteiger partial charge in [-0.25, -0.2) is 4.79 Å². The first-order chi connectivity index (χ1) is 9.56. The van der Waals surface area contributed by atoms with Crippen LogP contribution in [0, 0.1) is 6.92 Å². The summed E-state index contributed by atoms with van der Waals surface area (Å²) in [4.78, 5) is 11.9. The van der Waals surface area contributed by atoms with Crippen LogP contribution in [0.5, 0.6) is 5.75 Å². The molecule has 0 radical (unpaired) electrons. The second-order valence-electron chi connectivity index (χ2n) is 4.88. The van der Waals surface area contributed by atoms with Gasteiger partial charge in [0.25, 0.3) is 0 Å². The van der Waals surface area contributed by atoms with Gasteiger partial charge in [0.15, 0.2) is 6.10 Å². The highest BCUT2D eigenvalue weighted by Gasteiger charge is 2.30. The van der Waals surface area contributed by atoms with Gasteiger partial charge in [0, 0.05) is 11.3 Å². The molecule has 0 bridgehead atoms. The number of aliphatic hydroxyl groups is 1. The van der Waals surface area contributed by atoms with Crippen LogP contribution < -0.4 is 4.74 Å². The first kappa shape index (κ1) is 13.1. The number of aryl methyl sites for hydroxylation is 1. The molecule has 1 aromatic carbocycles. The van der Waals surface area contributed by atoms with Crippen LogP contribution in [0.15, 0.2) is 29.6 Å². The van der Waals surface area contributed by atoms with Crippen LogP contribution in [0.4, 0.5) is 0 Å². The molecule has 2 heterocycles. The Balaban J connectivity index is 1.96. The number of hydrogen-bond acceptors (Lipinski definition) is 4. The molecule has 2 unspecified atom stereocenters. The Morgan fingerprint density at radius 1 is 1.50 bits per heavy atom. The zero-order valence-corrected chi connectivity index (χ0v) is 11.7. The Kier molecular flexibility index (Phi) is 3.23. The first-order valence-corrected chi connectivity index (χ1v) is 7.18. The van der Waals surface area contributed by atoms with Gasteiger partial charge in [-0.05, 0) is 47.2 Å². The summed E-state index contributed by atoms with van der Waals surface area (Å²) in [5, 5.41) is 21.4. The number of fused-ring (bicyclic) bond motifs is 1. The minimum absolute atomic E-state index is 0.342. The third-order valence-electron chi connectivity index (χ3n) is 3.51. The highest BCUT2D eigenvalue weighted by Crippen LogP contribution is 2.36. The summed E-state index contributed by atoms with van der Waals surface area (Å²) in [5.74, 6) is -0.351. The Labute approximate surface area is 120 Å². The van der Waals surface area contributed by atoms with Crippen molar-refractivity contribution >= 4 is 17.3 Å². The predicted molar refractivity (Wildman–Crippen MR) is 75.3 cm³/mol. The molecule has 0 aliphatic carbocycles. The highest BCUT2D eigenvalue weighted by atomic mass is 32.1. The molecule has 0 amide bonds. The zero-order chi connectivity index (χ0) is 14.3. The van der Waals surface area contributed by atoms with Gasteiger partial charge in [-0.1, -0.05) is 6.07 Å². The summed E-state index contributed by atoms with van der Waals surface area (Å²) < 4.78 is 5.40. The van der Waals surface area contributed by atoms with Crippen molar-refractivity contribution < 1.29 is 19.7 Å². The van der Waals surface area contributed by atoms with Crippen molar-refractivity contribution in [1.29, 1.82) is 0 Å². The van der Waals surface area contributed by atoms with E-state index in [9.17, 15) is 9.90 Å². The van der Waals surface area contributed by atoms with E-state index < -0.39 is 18.2 Å². The Hall–Kier alpha value is -1.85. The van der Waals surface area contributed by atoms with E-state index in [4.69, 9.17) is 9.84 Å². The molecule has 5 heteroatoms. The summed E-state index contributed by atoms with van der Waals surface area (Å²) in [6.07, 6.45) is -1.16. The van der Waals surface area contributed by atoms with Crippen LogP contribution in [0.3, 0.4) is 0 Å². The predicted octanol–water partition coefficient (Wildman–Crippen LogP) is 2.53. The van der Waals surface area contributed by atoms with Crippen LogP contribution in [0.25, 0.3) is 0 Å². The quantitative estimate of drug-likeness (QED) is 0.911. The lowest BCUT2D eigenvalue weighted by molar-refractivity contribution is -0.144. The van der Waals surface area contributed by atoms with Gasteiger partial charge < -0.3 is 14.9 Å². The van der Waals surface area contributed by atoms with Gasteiger partial charge in [-0.2, -0.15) is 0 Å². The number of aliphatic hydroxyl groups excluding tert-OH is 1. The molecule has 0 saturated carbocycles. The van der Waals surface area contributed by atoms with Crippen molar-refractivity contribution in [3.05, 3.63) is 51.2 Å². The van der Waals surface area contributed by atoms with Crippen molar-refractivity contribution in [3.63, 3.8) is 0 Å². The van der Waals surface area contributed by atoms with Gasteiger partial charge >= 0.3 is 5.97 Å². The number of carbonyl (C=O) groups is 1. The molecule has 20 heavy (non-hydrogen) atoms. The van der Waals surface area contributed by atoms with E-state index in [1.807, 2.05) is 36.6 Å². The number of benzene rings is 1. The molecule has 0 spiro atoms. The molecular weight excluding hydrogens is 276 g/mol. The second-order valence-corrected chi connectivity index (χ2v) is 5.86. The molecule has 104 valence electrons.